The number of aromatic nitrogens is 2. The first-order valence-electron chi connectivity index (χ1n) is 6.93. The molecule has 2 heterocycles. The van der Waals surface area contributed by atoms with Crippen LogP contribution in [0.5, 0.6) is 0 Å². The Hall–Kier alpha value is -0.830. The van der Waals surface area contributed by atoms with Gasteiger partial charge in [-0.2, -0.15) is 0 Å². The minimum Gasteiger partial charge on any atom is -0.355 e. The first-order chi connectivity index (χ1) is 8.81. The minimum absolute atomic E-state index is 0.441. The zero-order valence-corrected chi connectivity index (χ0v) is 11.5. The summed E-state index contributed by atoms with van der Waals surface area (Å²) in [7, 11) is 0. The average Bonchev–Trinajstić information content (AvgIpc) is 2.88. The van der Waals surface area contributed by atoms with Gasteiger partial charge in [0.2, 0.25) is 0 Å². The van der Waals surface area contributed by atoms with Crippen molar-refractivity contribution in [1.29, 1.82) is 0 Å². The van der Waals surface area contributed by atoms with E-state index in [0.29, 0.717) is 11.3 Å². The van der Waals surface area contributed by atoms with Crippen molar-refractivity contribution in [3.63, 3.8) is 0 Å². The van der Waals surface area contributed by atoms with Gasteiger partial charge >= 0.3 is 0 Å². The molecule has 1 saturated carbocycles. The summed E-state index contributed by atoms with van der Waals surface area (Å²) in [5.41, 5.74) is 1.52. The predicted octanol–water partition coefficient (Wildman–Crippen LogP) is 3.38. The molecular weight excluding hydrogens is 246 g/mol. The zero-order valence-electron chi connectivity index (χ0n) is 10.7. The molecule has 98 valence electrons. The number of rotatable bonds is 2. The highest BCUT2D eigenvalue weighted by Crippen LogP contribution is 2.46. The fourth-order valence-electron chi connectivity index (χ4n) is 3.42. The van der Waals surface area contributed by atoms with E-state index in [4.69, 9.17) is 11.6 Å². The third-order valence-electron chi connectivity index (χ3n) is 4.64. The molecule has 1 saturated heterocycles. The molecule has 1 aliphatic heterocycles. The largest absolute Gasteiger partial charge is 0.355 e. The predicted molar refractivity (Wildman–Crippen MR) is 73.9 cm³/mol. The van der Waals surface area contributed by atoms with Crippen molar-refractivity contribution < 1.29 is 0 Å². The van der Waals surface area contributed by atoms with E-state index in [9.17, 15) is 0 Å². The normalized spacial score (nSPS) is 22.6. The molecule has 3 rings (SSSR count). The lowest BCUT2D eigenvalue weighted by atomic mass is 9.77. The molecule has 1 aromatic heterocycles. The maximum atomic E-state index is 5.73. The smallest absolute Gasteiger partial charge is 0.147 e. The van der Waals surface area contributed by atoms with Crippen LogP contribution in [0.25, 0.3) is 0 Å². The lowest BCUT2D eigenvalue weighted by Gasteiger charge is -2.39. The van der Waals surface area contributed by atoms with E-state index in [2.05, 4.69) is 14.9 Å². The first-order valence-corrected chi connectivity index (χ1v) is 7.47. The summed E-state index contributed by atoms with van der Waals surface area (Å²) in [5, 5.41) is 0. The SMILES string of the molecule is ClCc1cnc(N2CCC3(CCCC3)CC2)cn1. The molecule has 0 atom stereocenters. The van der Waals surface area contributed by atoms with Crippen molar-refractivity contribution in [1.82, 2.24) is 9.97 Å². The van der Waals surface area contributed by atoms with Crippen LogP contribution in [0.2, 0.25) is 0 Å². The quantitative estimate of drug-likeness (QED) is 0.768. The van der Waals surface area contributed by atoms with Crippen LogP contribution in [-0.4, -0.2) is 23.1 Å². The van der Waals surface area contributed by atoms with Crippen LogP contribution < -0.4 is 4.90 Å². The second kappa shape index (κ2) is 5.04. The van der Waals surface area contributed by atoms with Crippen molar-refractivity contribution in [2.75, 3.05) is 18.0 Å². The van der Waals surface area contributed by atoms with E-state index in [0.717, 1.165) is 24.6 Å². The van der Waals surface area contributed by atoms with Crippen LogP contribution >= 0.6 is 11.6 Å². The van der Waals surface area contributed by atoms with Crippen LogP contribution in [-0.2, 0) is 5.88 Å². The average molecular weight is 266 g/mol. The fourth-order valence-corrected chi connectivity index (χ4v) is 3.55. The van der Waals surface area contributed by atoms with Gasteiger partial charge in [-0.3, -0.25) is 4.98 Å². The van der Waals surface area contributed by atoms with Crippen molar-refractivity contribution in [2.24, 2.45) is 5.41 Å². The summed E-state index contributed by atoms with van der Waals surface area (Å²) in [6, 6.07) is 0. The third kappa shape index (κ3) is 2.33. The van der Waals surface area contributed by atoms with Gasteiger partial charge in [-0.15, -0.1) is 11.6 Å². The van der Waals surface area contributed by atoms with Crippen molar-refractivity contribution in [3.05, 3.63) is 18.1 Å². The van der Waals surface area contributed by atoms with E-state index in [-0.39, 0.29) is 0 Å². The number of hydrogen-bond donors (Lipinski definition) is 0. The van der Waals surface area contributed by atoms with Crippen LogP contribution in [0.4, 0.5) is 5.82 Å². The Labute approximate surface area is 114 Å². The van der Waals surface area contributed by atoms with E-state index >= 15 is 0 Å². The molecule has 3 nitrogen and oxygen atoms in total. The maximum absolute atomic E-state index is 5.73. The molecule has 0 radical (unpaired) electrons. The molecule has 4 heteroatoms. The number of anilines is 1. The van der Waals surface area contributed by atoms with Gasteiger partial charge in [0.15, 0.2) is 0 Å². The van der Waals surface area contributed by atoms with Gasteiger partial charge in [0.05, 0.1) is 24.0 Å². The number of piperidine rings is 1. The van der Waals surface area contributed by atoms with Gasteiger partial charge in [0.25, 0.3) is 0 Å². The topological polar surface area (TPSA) is 29.0 Å². The van der Waals surface area contributed by atoms with Gasteiger partial charge in [-0.05, 0) is 31.1 Å². The van der Waals surface area contributed by atoms with Crippen LogP contribution in [0.15, 0.2) is 12.4 Å². The fraction of sp³-hybridized carbons (Fsp3) is 0.714. The molecule has 0 amide bonds. The molecule has 0 unspecified atom stereocenters. The molecule has 1 spiro atoms. The Bertz CT molecular complexity index is 388. The van der Waals surface area contributed by atoms with E-state index in [1.54, 1.807) is 6.20 Å². The van der Waals surface area contributed by atoms with E-state index in [1.165, 1.54) is 38.5 Å². The lowest BCUT2D eigenvalue weighted by molar-refractivity contribution is 0.226. The molecule has 18 heavy (non-hydrogen) atoms. The lowest BCUT2D eigenvalue weighted by Crippen LogP contribution is -2.39. The highest BCUT2D eigenvalue weighted by Gasteiger charge is 2.37. The number of alkyl halides is 1. The Morgan fingerprint density at radius 1 is 1.06 bits per heavy atom. The van der Waals surface area contributed by atoms with Gasteiger partial charge in [0, 0.05) is 13.1 Å². The highest BCUT2D eigenvalue weighted by atomic mass is 35.5. The molecular formula is C14H20ClN3. The summed E-state index contributed by atoms with van der Waals surface area (Å²) in [5.74, 6) is 1.45. The zero-order chi connectivity index (χ0) is 12.4. The summed E-state index contributed by atoms with van der Waals surface area (Å²) in [6.07, 6.45) is 12.1. The van der Waals surface area contributed by atoms with Gasteiger partial charge < -0.3 is 4.90 Å². The molecule has 0 N–H and O–H groups in total. The van der Waals surface area contributed by atoms with Gasteiger partial charge in [-0.1, -0.05) is 12.8 Å². The van der Waals surface area contributed by atoms with Crippen molar-refractivity contribution >= 4 is 17.4 Å². The maximum Gasteiger partial charge on any atom is 0.147 e. The monoisotopic (exact) mass is 265 g/mol. The Kier molecular flexibility index (Phi) is 3.42. The van der Waals surface area contributed by atoms with Crippen LogP contribution in [0, 0.1) is 5.41 Å². The summed E-state index contributed by atoms with van der Waals surface area (Å²) in [6.45, 7) is 2.27. The number of halogens is 1. The number of hydrogen-bond acceptors (Lipinski definition) is 3. The highest BCUT2D eigenvalue weighted by molar-refractivity contribution is 6.16. The summed E-state index contributed by atoms with van der Waals surface area (Å²) >= 11 is 5.73. The van der Waals surface area contributed by atoms with Crippen LogP contribution in [0.1, 0.15) is 44.2 Å². The first kappa shape index (κ1) is 12.2. The Balaban J connectivity index is 1.64. The van der Waals surface area contributed by atoms with Gasteiger partial charge in [-0.25, -0.2) is 4.98 Å². The van der Waals surface area contributed by atoms with E-state index in [1.807, 2.05) is 6.20 Å². The molecule has 1 aromatic rings. The van der Waals surface area contributed by atoms with Crippen molar-refractivity contribution in [3.8, 4) is 0 Å². The van der Waals surface area contributed by atoms with E-state index < -0.39 is 0 Å². The molecule has 2 aliphatic rings. The summed E-state index contributed by atoms with van der Waals surface area (Å²) < 4.78 is 0. The molecule has 0 aromatic carbocycles. The second-order valence-corrected chi connectivity index (χ2v) is 5.96. The Morgan fingerprint density at radius 2 is 1.78 bits per heavy atom. The van der Waals surface area contributed by atoms with Gasteiger partial charge in [0.1, 0.15) is 5.82 Å². The summed E-state index contributed by atoms with van der Waals surface area (Å²) in [4.78, 5) is 11.2. The second-order valence-electron chi connectivity index (χ2n) is 5.69. The third-order valence-corrected chi connectivity index (χ3v) is 4.91. The van der Waals surface area contributed by atoms with Crippen LogP contribution in [0.3, 0.4) is 0 Å². The van der Waals surface area contributed by atoms with Crippen molar-refractivity contribution in [2.45, 2.75) is 44.4 Å². The molecule has 0 bridgehead atoms. The minimum atomic E-state index is 0.441. The molecule has 1 aliphatic carbocycles. The Morgan fingerprint density at radius 3 is 2.33 bits per heavy atom. The molecule has 2 fully saturated rings. The standard InChI is InChI=1S/C14H20ClN3/c15-9-12-10-17-13(11-16-12)18-7-5-14(6-8-18)3-1-2-4-14/h10-11H,1-9H2. The number of nitrogens with zero attached hydrogens (tertiary/aromatic N) is 3.